The number of aliphatic hydroxyl groups excluding tert-OH is 3. The zero-order chi connectivity index (χ0) is 17.6. The smallest absolute Gasteiger partial charge is 0.136 e. The van der Waals surface area contributed by atoms with Crippen LogP contribution in [0.1, 0.15) is 5.56 Å². The first kappa shape index (κ1) is 18.4. The average Bonchev–Trinajstić information content (AvgIpc) is 2.65. The molecule has 2 aromatic carbocycles. The van der Waals surface area contributed by atoms with Crippen LogP contribution in [0.5, 0.6) is 0 Å². The molecule has 0 amide bonds. The van der Waals surface area contributed by atoms with E-state index in [1.54, 1.807) is 0 Å². The van der Waals surface area contributed by atoms with Gasteiger partial charge in [-0.25, -0.2) is 0 Å². The molecule has 2 aromatic rings. The van der Waals surface area contributed by atoms with Gasteiger partial charge in [0, 0.05) is 4.90 Å². The molecule has 0 saturated carbocycles. The normalized spacial score (nSPS) is 29.5. The standard InChI is InChI=1S/C19H22O5S/c20-11-15-16(21)18(23-12-13-7-3-1-4-8-13)17(22)19(24-15)25-14-9-5-2-6-10-14/h1-10,15-22H,11-12H2/t15-,16-,17-,18+,19+/m1/s1. The van der Waals surface area contributed by atoms with E-state index in [4.69, 9.17) is 9.47 Å². The van der Waals surface area contributed by atoms with Gasteiger partial charge in [-0.05, 0) is 17.7 Å². The van der Waals surface area contributed by atoms with Crippen molar-refractivity contribution < 1.29 is 24.8 Å². The topological polar surface area (TPSA) is 79.2 Å². The zero-order valence-corrected chi connectivity index (χ0v) is 14.5. The number of hydrogen-bond acceptors (Lipinski definition) is 6. The first-order valence-electron chi connectivity index (χ1n) is 8.18. The molecule has 6 heteroatoms. The first-order chi connectivity index (χ1) is 12.2. The van der Waals surface area contributed by atoms with Gasteiger partial charge in [-0.3, -0.25) is 0 Å². The van der Waals surface area contributed by atoms with E-state index in [2.05, 4.69) is 0 Å². The lowest BCUT2D eigenvalue weighted by Gasteiger charge is -2.41. The number of aliphatic hydroxyl groups is 3. The van der Waals surface area contributed by atoms with Crippen LogP contribution in [0.15, 0.2) is 65.6 Å². The van der Waals surface area contributed by atoms with Crippen molar-refractivity contribution in [2.45, 2.75) is 41.4 Å². The molecule has 0 unspecified atom stereocenters. The summed E-state index contributed by atoms with van der Waals surface area (Å²) in [6.07, 6.45) is -3.76. The maximum absolute atomic E-state index is 10.6. The maximum atomic E-state index is 10.6. The van der Waals surface area contributed by atoms with Crippen LogP contribution >= 0.6 is 11.8 Å². The fourth-order valence-corrected chi connectivity index (χ4v) is 3.82. The molecule has 1 aliphatic heterocycles. The van der Waals surface area contributed by atoms with E-state index >= 15 is 0 Å². The molecule has 0 radical (unpaired) electrons. The Kier molecular flexibility index (Phi) is 6.47. The minimum atomic E-state index is -1.10. The van der Waals surface area contributed by atoms with Crippen LogP contribution in [0.2, 0.25) is 0 Å². The van der Waals surface area contributed by atoms with Crippen LogP contribution in [-0.2, 0) is 16.1 Å². The van der Waals surface area contributed by atoms with Gasteiger partial charge in [0.25, 0.3) is 0 Å². The summed E-state index contributed by atoms with van der Waals surface area (Å²) in [6.45, 7) is -0.0779. The summed E-state index contributed by atoms with van der Waals surface area (Å²) in [5, 5.41) is 30.5. The van der Waals surface area contributed by atoms with E-state index in [1.165, 1.54) is 11.8 Å². The fraction of sp³-hybridized carbons (Fsp3) is 0.368. The Labute approximate surface area is 151 Å². The molecule has 1 heterocycles. The summed E-state index contributed by atoms with van der Waals surface area (Å²) in [5.74, 6) is 0. The van der Waals surface area contributed by atoms with Crippen molar-refractivity contribution in [2.24, 2.45) is 0 Å². The fourth-order valence-electron chi connectivity index (χ4n) is 2.75. The predicted octanol–water partition coefficient (Wildman–Crippen LogP) is 1.80. The Hall–Kier alpha value is -1.41. The van der Waals surface area contributed by atoms with Crippen molar-refractivity contribution in [1.82, 2.24) is 0 Å². The summed E-state index contributed by atoms with van der Waals surface area (Å²) in [5.41, 5.74) is 0.310. The minimum Gasteiger partial charge on any atom is -0.394 e. The molecule has 0 aliphatic carbocycles. The molecule has 1 fully saturated rings. The van der Waals surface area contributed by atoms with Gasteiger partial charge in [-0.2, -0.15) is 0 Å². The number of hydrogen-bond donors (Lipinski definition) is 3. The van der Waals surface area contributed by atoms with E-state index in [-0.39, 0.29) is 13.2 Å². The van der Waals surface area contributed by atoms with Gasteiger partial charge in [0.2, 0.25) is 0 Å². The van der Waals surface area contributed by atoms with Crippen LogP contribution < -0.4 is 0 Å². The largest absolute Gasteiger partial charge is 0.394 e. The molecule has 0 aromatic heterocycles. The Morgan fingerprint density at radius 2 is 1.56 bits per heavy atom. The highest BCUT2D eigenvalue weighted by Crippen LogP contribution is 2.34. The lowest BCUT2D eigenvalue weighted by atomic mass is 10.00. The second-order valence-corrected chi connectivity index (χ2v) is 7.07. The summed E-state index contributed by atoms with van der Waals surface area (Å²) in [6, 6.07) is 19.1. The quantitative estimate of drug-likeness (QED) is 0.727. The molecule has 0 bridgehead atoms. The molecule has 1 saturated heterocycles. The third kappa shape index (κ3) is 4.61. The molecular weight excluding hydrogens is 340 g/mol. The van der Waals surface area contributed by atoms with Gasteiger partial charge in [-0.1, -0.05) is 60.3 Å². The third-order valence-electron chi connectivity index (χ3n) is 4.10. The van der Waals surface area contributed by atoms with Gasteiger partial charge >= 0.3 is 0 Å². The van der Waals surface area contributed by atoms with Gasteiger partial charge in [-0.15, -0.1) is 0 Å². The molecule has 0 spiro atoms. The van der Waals surface area contributed by atoms with E-state index in [1.807, 2.05) is 60.7 Å². The predicted molar refractivity (Wildman–Crippen MR) is 95.1 cm³/mol. The highest BCUT2D eigenvalue weighted by Gasteiger charge is 2.45. The van der Waals surface area contributed by atoms with E-state index in [0.717, 1.165) is 10.5 Å². The van der Waals surface area contributed by atoms with Crippen LogP contribution in [0.4, 0.5) is 0 Å². The molecule has 3 rings (SSSR count). The number of benzene rings is 2. The number of rotatable bonds is 6. The zero-order valence-electron chi connectivity index (χ0n) is 13.6. The SMILES string of the molecule is OC[C@H]1O[C@@H](Sc2ccccc2)[C@H](O)[C@@H](OCc2ccccc2)[C@@H]1O. The lowest BCUT2D eigenvalue weighted by Crippen LogP contribution is -2.58. The summed E-state index contributed by atoms with van der Waals surface area (Å²) >= 11 is 1.34. The van der Waals surface area contributed by atoms with Crippen molar-refractivity contribution in [3.63, 3.8) is 0 Å². The number of thioether (sulfide) groups is 1. The van der Waals surface area contributed by atoms with Crippen LogP contribution in [0.25, 0.3) is 0 Å². The van der Waals surface area contributed by atoms with E-state index < -0.39 is 29.9 Å². The summed E-state index contributed by atoms with van der Waals surface area (Å²) in [4.78, 5) is 0.932. The van der Waals surface area contributed by atoms with Gasteiger partial charge < -0.3 is 24.8 Å². The van der Waals surface area contributed by atoms with Gasteiger partial charge in [0.05, 0.1) is 13.2 Å². The van der Waals surface area contributed by atoms with Crippen molar-refractivity contribution >= 4 is 11.8 Å². The van der Waals surface area contributed by atoms with E-state index in [9.17, 15) is 15.3 Å². The summed E-state index contributed by atoms with van der Waals surface area (Å²) < 4.78 is 11.5. The second-order valence-electron chi connectivity index (χ2n) is 5.90. The molecule has 25 heavy (non-hydrogen) atoms. The monoisotopic (exact) mass is 362 g/mol. The molecular formula is C19H22O5S. The first-order valence-corrected chi connectivity index (χ1v) is 9.06. The van der Waals surface area contributed by atoms with E-state index in [0.29, 0.717) is 0 Å². The van der Waals surface area contributed by atoms with Crippen molar-refractivity contribution in [3.8, 4) is 0 Å². The highest BCUT2D eigenvalue weighted by molar-refractivity contribution is 7.99. The molecule has 5 atom stereocenters. The lowest BCUT2D eigenvalue weighted by molar-refractivity contribution is -0.223. The van der Waals surface area contributed by atoms with Crippen LogP contribution in [-0.4, -0.2) is 51.8 Å². The van der Waals surface area contributed by atoms with Crippen molar-refractivity contribution in [3.05, 3.63) is 66.2 Å². The second kappa shape index (κ2) is 8.80. The Morgan fingerprint density at radius 1 is 0.920 bits per heavy atom. The van der Waals surface area contributed by atoms with Crippen molar-refractivity contribution in [1.29, 1.82) is 0 Å². The van der Waals surface area contributed by atoms with Gasteiger partial charge in [0.1, 0.15) is 29.9 Å². The Balaban J connectivity index is 1.70. The highest BCUT2D eigenvalue weighted by atomic mass is 32.2. The Morgan fingerprint density at radius 3 is 2.20 bits per heavy atom. The molecule has 1 aliphatic rings. The average molecular weight is 362 g/mol. The third-order valence-corrected chi connectivity index (χ3v) is 5.27. The molecule has 5 nitrogen and oxygen atoms in total. The maximum Gasteiger partial charge on any atom is 0.136 e. The van der Waals surface area contributed by atoms with Gasteiger partial charge in [0.15, 0.2) is 0 Å². The number of ether oxygens (including phenoxy) is 2. The van der Waals surface area contributed by atoms with Crippen LogP contribution in [0.3, 0.4) is 0 Å². The minimum absolute atomic E-state index is 0.264. The van der Waals surface area contributed by atoms with Crippen molar-refractivity contribution in [2.75, 3.05) is 6.61 Å². The molecule has 3 N–H and O–H groups in total. The Bertz CT molecular complexity index is 639. The summed E-state index contributed by atoms with van der Waals surface area (Å²) in [7, 11) is 0. The molecule has 134 valence electrons. The van der Waals surface area contributed by atoms with Crippen LogP contribution in [0, 0.1) is 0 Å².